The fraction of sp³-hybridized carbons (Fsp3) is 0.0714. The maximum absolute atomic E-state index is 12.0. The van der Waals surface area contributed by atoms with E-state index in [1.165, 1.54) is 12.1 Å². The van der Waals surface area contributed by atoms with Crippen LogP contribution in [-0.4, -0.2) is 5.91 Å². The maximum atomic E-state index is 12.0. The topological polar surface area (TPSA) is 69.2 Å². The van der Waals surface area contributed by atoms with Gasteiger partial charge in [0.2, 0.25) is 0 Å². The van der Waals surface area contributed by atoms with Crippen molar-refractivity contribution in [3.8, 4) is 0 Å². The van der Waals surface area contributed by atoms with E-state index in [0.29, 0.717) is 11.3 Å². The Morgan fingerprint density at radius 2 is 1.89 bits per heavy atom. The number of benzene rings is 2. The third-order valence-electron chi connectivity index (χ3n) is 2.60. The summed E-state index contributed by atoms with van der Waals surface area (Å²) in [6.07, 6.45) is 0. The number of aryl methyl sites for hydroxylation is 1. The van der Waals surface area contributed by atoms with Gasteiger partial charge in [-0.25, -0.2) is 0 Å². The van der Waals surface area contributed by atoms with Crippen molar-refractivity contribution in [2.45, 2.75) is 6.92 Å². The van der Waals surface area contributed by atoms with E-state index in [-0.39, 0.29) is 11.2 Å². The maximum Gasteiger partial charge on any atom is 0.348 e. The Labute approximate surface area is 112 Å². The minimum absolute atomic E-state index is 0.131. The van der Waals surface area contributed by atoms with E-state index in [4.69, 9.17) is 0 Å². The van der Waals surface area contributed by atoms with E-state index in [0.717, 1.165) is 5.56 Å². The summed E-state index contributed by atoms with van der Waals surface area (Å²) in [5.41, 5.74) is 2.04. The van der Waals surface area contributed by atoms with Crippen LogP contribution in [-0.2, 0) is 4.57 Å². The average Bonchev–Trinajstić information content (AvgIpc) is 2.39. The van der Waals surface area contributed by atoms with E-state index >= 15 is 0 Å². The van der Waals surface area contributed by atoms with Crippen LogP contribution in [0.5, 0.6) is 0 Å². The Morgan fingerprint density at radius 3 is 2.58 bits per heavy atom. The van der Waals surface area contributed by atoms with Gasteiger partial charge in [0.15, 0.2) is 5.30 Å². The van der Waals surface area contributed by atoms with E-state index in [1.54, 1.807) is 18.2 Å². The predicted octanol–water partition coefficient (Wildman–Crippen LogP) is 1.98. The van der Waals surface area contributed by atoms with Gasteiger partial charge in [-0.2, -0.15) is 0 Å². The highest BCUT2D eigenvalue weighted by atomic mass is 31.1. The largest absolute Gasteiger partial charge is 0.591 e. The summed E-state index contributed by atoms with van der Waals surface area (Å²) in [6, 6.07) is 13.3. The molecule has 0 radical (unpaired) electrons. The molecule has 0 bridgehead atoms. The predicted molar refractivity (Wildman–Crippen MR) is 72.8 cm³/mol. The molecule has 0 saturated carbocycles. The minimum atomic E-state index is -2.68. The van der Waals surface area contributed by atoms with Crippen molar-refractivity contribution < 1.29 is 14.3 Å². The van der Waals surface area contributed by atoms with Crippen molar-refractivity contribution in [2.75, 3.05) is 5.32 Å². The summed E-state index contributed by atoms with van der Waals surface area (Å²) in [6.45, 7) is 1.93. The van der Waals surface area contributed by atoms with Crippen LogP contribution in [0.3, 0.4) is 0 Å². The summed E-state index contributed by atoms with van der Waals surface area (Å²) in [5, 5.41) is 2.86. The first-order valence-corrected chi connectivity index (χ1v) is 6.86. The Balaban J connectivity index is 2.20. The third-order valence-corrected chi connectivity index (χ3v) is 3.29. The second kappa shape index (κ2) is 5.74. The molecule has 96 valence electrons. The lowest BCUT2D eigenvalue weighted by molar-refractivity contribution is -0.160. The molecule has 19 heavy (non-hydrogen) atoms. The summed E-state index contributed by atoms with van der Waals surface area (Å²) in [4.78, 5) is 22.9. The number of anilines is 1. The van der Waals surface area contributed by atoms with Gasteiger partial charge in [0.25, 0.3) is 5.91 Å². The molecule has 2 aromatic carbocycles. The zero-order valence-electron chi connectivity index (χ0n) is 10.3. The van der Waals surface area contributed by atoms with Gasteiger partial charge in [-0.3, -0.25) is 4.79 Å². The van der Waals surface area contributed by atoms with Crippen molar-refractivity contribution in [3.63, 3.8) is 0 Å². The van der Waals surface area contributed by atoms with Crippen LogP contribution in [0.25, 0.3) is 0 Å². The molecule has 1 atom stereocenters. The fourth-order valence-corrected chi connectivity index (χ4v) is 2.14. The van der Waals surface area contributed by atoms with E-state index in [9.17, 15) is 14.3 Å². The van der Waals surface area contributed by atoms with Gasteiger partial charge >= 0.3 is 8.03 Å². The first kappa shape index (κ1) is 13.4. The molecule has 0 aliphatic rings. The molecular formula is C14H12NO3P. The molecule has 1 amide bonds. The molecule has 2 aromatic rings. The first-order chi connectivity index (χ1) is 9.06. The number of carbonyl (C=O) groups excluding carboxylic acids is 1. The van der Waals surface area contributed by atoms with Gasteiger partial charge in [0, 0.05) is 17.3 Å². The van der Waals surface area contributed by atoms with Crippen molar-refractivity contribution in [1.82, 2.24) is 0 Å². The fourth-order valence-electron chi connectivity index (χ4n) is 1.69. The zero-order chi connectivity index (χ0) is 13.8. The number of carbonyl (C=O) groups is 1. The number of nitrogens with one attached hydrogen (secondary N) is 1. The monoisotopic (exact) mass is 273 g/mol. The van der Waals surface area contributed by atoms with E-state index < -0.39 is 8.03 Å². The van der Waals surface area contributed by atoms with Crippen LogP contribution in [0.2, 0.25) is 0 Å². The molecule has 5 heteroatoms. The molecule has 0 spiro atoms. The van der Waals surface area contributed by atoms with E-state index in [1.807, 2.05) is 25.1 Å². The second-order valence-corrected chi connectivity index (χ2v) is 5.16. The van der Waals surface area contributed by atoms with Crippen molar-refractivity contribution >= 4 is 24.9 Å². The highest BCUT2D eigenvalue weighted by molar-refractivity contribution is 7.45. The molecule has 0 saturated heterocycles. The lowest BCUT2D eigenvalue weighted by Crippen LogP contribution is -2.14. The van der Waals surface area contributed by atoms with Gasteiger partial charge in [0.05, 0.1) is 0 Å². The van der Waals surface area contributed by atoms with Gasteiger partial charge < -0.3 is 10.2 Å². The smallest absolute Gasteiger partial charge is 0.348 e. The molecular weight excluding hydrogens is 261 g/mol. The van der Waals surface area contributed by atoms with Crippen LogP contribution in [0, 0.1) is 6.92 Å². The molecule has 0 aliphatic carbocycles. The van der Waals surface area contributed by atoms with Crippen molar-refractivity contribution in [3.05, 3.63) is 59.7 Å². The Bertz CT molecular complexity index is 640. The van der Waals surface area contributed by atoms with Crippen LogP contribution in [0.1, 0.15) is 15.9 Å². The van der Waals surface area contributed by atoms with Gasteiger partial charge in [-0.15, -0.1) is 0 Å². The standard InChI is InChI=1S/C14H12NO3P/c1-10-4-2-6-12(8-10)15-14(16)11-5-3-7-13(9-11)19(17)18/h2-9H,1H3,(H,15,16). The normalized spacial score (nSPS) is 10.9. The highest BCUT2D eigenvalue weighted by Crippen LogP contribution is 2.13. The number of hydrogen-bond donors (Lipinski definition) is 1. The Hall–Kier alpha value is -2.03. The SMILES string of the molecule is Cc1cccc(NC(=O)c2cccc([P+](=O)[O-])c2)c1. The molecule has 2 rings (SSSR count). The number of amides is 1. The minimum Gasteiger partial charge on any atom is -0.591 e. The van der Waals surface area contributed by atoms with Crippen LogP contribution >= 0.6 is 8.03 Å². The number of rotatable bonds is 3. The van der Waals surface area contributed by atoms with Crippen molar-refractivity contribution in [2.24, 2.45) is 0 Å². The quantitative estimate of drug-likeness (QED) is 0.869. The molecule has 0 aromatic heterocycles. The Morgan fingerprint density at radius 1 is 1.16 bits per heavy atom. The van der Waals surface area contributed by atoms with Crippen LogP contribution in [0.4, 0.5) is 5.69 Å². The summed E-state index contributed by atoms with van der Waals surface area (Å²) >= 11 is 0. The second-order valence-electron chi connectivity index (χ2n) is 4.13. The van der Waals surface area contributed by atoms with Gasteiger partial charge in [-0.1, -0.05) is 22.8 Å². The third kappa shape index (κ3) is 3.47. The lowest BCUT2D eigenvalue weighted by atomic mass is 10.2. The Kier molecular flexibility index (Phi) is 4.05. The van der Waals surface area contributed by atoms with Gasteiger partial charge in [-0.05, 0) is 36.8 Å². The summed E-state index contributed by atoms with van der Waals surface area (Å²) < 4.78 is 10.9. The first-order valence-electron chi connectivity index (χ1n) is 5.69. The van der Waals surface area contributed by atoms with Gasteiger partial charge in [0.1, 0.15) is 0 Å². The van der Waals surface area contributed by atoms with Crippen LogP contribution in [0.15, 0.2) is 48.5 Å². The molecule has 1 N–H and O–H groups in total. The summed E-state index contributed by atoms with van der Waals surface area (Å²) in [7, 11) is -2.68. The molecule has 0 fully saturated rings. The van der Waals surface area contributed by atoms with E-state index in [2.05, 4.69) is 5.32 Å². The van der Waals surface area contributed by atoms with Crippen LogP contribution < -0.4 is 15.5 Å². The molecule has 1 unspecified atom stereocenters. The summed E-state index contributed by atoms with van der Waals surface area (Å²) in [5.74, 6) is -0.329. The van der Waals surface area contributed by atoms with Crippen molar-refractivity contribution in [1.29, 1.82) is 0 Å². The highest BCUT2D eigenvalue weighted by Gasteiger charge is 2.12. The number of hydrogen-bond acceptors (Lipinski definition) is 3. The zero-order valence-corrected chi connectivity index (χ0v) is 11.2. The molecule has 0 heterocycles. The molecule has 0 aliphatic heterocycles. The average molecular weight is 273 g/mol. The lowest BCUT2D eigenvalue weighted by Gasteiger charge is -2.05. The molecule has 4 nitrogen and oxygen atoms in total.